The van der Waals surface area contributed by atoms with Gasteiger partial charge in [0.2, 0.25) is 5.88 Å². The van der Waals surface area contributed by atoms with Crippen molar-refractivity contribution in [1.29, 1.82) is 0 Å². The molecule has 0 fully saturated rings. The number of ketones is 1. The molecule has 0 aromatic carbocycles. The van der Waals surface area contributed by atoms with Crippen molar-refractivity contribution in [2.75, 3.05) is 6.61 Å². The van der Waals surface area contributed by atoms with Gasteiger partial charge < -0.3 is 20.2 Å². The van der Waals surface area contributed by atoms with E-state index in [-0.39, 0.29) is 23.8 Å². The predicted molar refractivity (Wildman–Crippen MR) is 75.8 cm³/mol. The average molecular weight is 290 g/mol. The molecule has 0 unspecified atom stereocenters. The van der Waals surface area contributed by atoms with Crippen LogP contribution >= 0.6 is 0 Å². The highest BCUT2D eigenvalue weighted by Gasteiger charge is 2.38. The molecule has 0 saturated carbocycles. The molecule has 3 N–H and O–H groups in total. The van der Waals surface area contributed by atoms with E-state index in [4.69, 9.17) is 15.2 Å². The van der Waals surface area contributed by atoms with Crippen LogP contribution in [0, 0.1) is 0 Å². The van der Waals surface area contributed by atoms with Gasteiger partial charge in [0.15, 0.2) is 5.78 Å². The van der Waals surface area contributed by atoms with E-state index in [0.717, 1.165) is 0 Å². The number of rotatable bonds is 4. The van der Waals surface area contributed by atoms with Crippen LogP contribution in [-0.2, 0) is 19.1 Å². The number of allylic oxidation sites excluding steroid dienone is 2. The zero-order valence-corrected chi connectivity index (χ0v) is 12.2. The number of nitrogens with two attached hydrogens (primary N) is 1. The first-order valence-corrected chi connectivity index (χ1v) is 6.67. The van der Waals surface area contributed by atoms with Crippen molar-refractivity contribution in [3.05, 3.63) is 46.8 Å². The third-order valence-electron chi connectivity index (χ3n) is 3.29. The lowest BCUT2D eigenvalue weighted by Crippen LogP contribution is -2.29. The van der Waals surface area contributed by atoms with Gasteiger partial charge in [-0.15, -0.1) is 0 Å². The summed E-state index contributed by atoms with van der Waals surface area (Å²) in [5, 5.41) is 0. The number of hydrogen-bond donors (Lipinski definition) is 2. The molecule has 1 atom stereocenters. The van der Waals surface area contributed by atoms with Crippen molar-refractivity contribution in [2.24, 2.45) is 5.73 Å². The van der Waals surface area contributed by atoms with Gasteiger partial charge in [-0.2, -0.15) is 0 Å². The molecule has 1 aliphatic heterocycles. The second kappa shape index (κ2) is 5.87. The maximum absolute atomic E-state index is 12.2. The van der Waals surface area contributed by atoms with E-state index in [9.17, 15) is 9.59 Å². The number of carbonyl (C=O) groups excluding carboxylic acids is 2. The zero-order chi connectivity index (χ0) is 15.6. The van der Waals surface area contributed by atoms with E-state index in [1.807, 2.05) is 0 Å². The summed E-state index contributed by atoms with van der Waals surface area (Å²) in [6.07, 6.45) is 1.72. The molecule has 6 nitrogen and oxygen atoms in total. The molecule has 0 bridgehead atoms. The lowest BCUT2D eigenvalue weighted by atomic mass is 9.84. The zero-order valence-electron chi connectivity index (χ0n) is 12.2. The van der Waals surface area contributed by atoms with E-state index in [1.54, 1.807) is 32.2 Å². The van der Waals surface area contributed by atoms with Gasteiger partial charge in [-0.25, -0.2) is 4.79 Å². The first-order valence-electron chi connectivity index (χ1n) is 6.67. The molecule has 0 radical (unpaired) electrons. The van der Waals surface area contributed by atoms with Crippen LogP contribution in [0.4, 0.5) is 0 Å². The lowest BCUT2D eigenvalue weighted by molar-refractivity contribution is -0.139. The second-order valence-electron chi connectivity index (χ2n) is 4.68. The number of ether oxygens (including phenoxy) is 2. The molecule has 112 valence electrons. The number of H-pyrrole nitrogens is 1. The quantitative estimate of drug-likeness (QED) is 0.823. The van der Waals surface area contributed by atoms with Crippen molar-refractivity contribution in [1.82, 2.24) is 4.98 Å². The second-order valence-corrected chi connectivity index (χ2v) is 4.68. The highest BCUT2D eigenvalue weighted by Crippen LogP contribution is 2.39. The van der Waals surface area contributed by atoms with Gasteiger partial charge in [0.25, 0.3) is 0 Å². The Bertz CT molecular complexity index is 626. The molecule has 6 heteroatoms. The Morgan fingerprint density at radius 2 is 2.14 bits per heavy atom. The molecular weight excluding hydrogens is 272 g/mol. The fraction of sp³-hybridized carbons (Fsp3) is 0.333. The first kappa shape index (κ1) is 14.9. The number of nitrogens with one attached hydrogen (secondary N) is 1. The molecule has 0 amide bonds. The monoisotopic (exact) mass is 290 g/mol. The van der Waals surface area contributed by atoms with Crippen LogP contribution in [0.5, 0.6) is 0 Å². The summed E-state index contributed by atoms with van der Waals surface area (Å²) in [7, 11) is 0. The minimum atomic E-state index is -0.606. The third-order valence-corrected chi connectivity index (χ3v) is 3.29. The van der Waals surface area contributed by atoms with Gasteiger partial charge in [0, 0.05) is 17.5 Å². The van der Waals surface area contributed by atoms with Crippen LogP contribution in [-0.4, -0.2) is 23.3 Å². The van der Waals surface area contributed by atoms with Crippen molar-refractivity contribution in [2.45, 2.75) is 26.7 Å². The van der Waals surface area contributed by atoms with Crippen molar-refractivity contribution in [3.63, 3.8) is 0 Å². The molecule has 2 heterocycles. The van der Waals surface area contributed by atoms with Crippen LogP contribution in [0.1, 0.15) is 32.4 Å². The van der Waals surface area contributed by atoms with E-state index >= 15 is 0 Å². The lowest BCUT2D eigenvalue weighted by Gasteiger charge is -2.27. The van der Waals surface area contributed by atoms with E-state index in [0.29, 0.717) is 17.0 Å². The van der Waals surface area contributed by atoms with Crippen LogP contribution in [0.3, 0.4) is 0 Å². The molecule has 0 aliphatic carbocycles. The SMILES string of the molecule is CCOC(=O)C1=C(N)OC(C)=C(C(C)=O)[C@H]1c1ccc[nH]1. The van der Waals surface area contributed by atoms with Gasteiger partial charge >= 0.3 is 5.97 Å². The number of aromatic nitrogens is 1. The Hall–Kier alpha value is -2.50. The molecule has 2 rings (SSSR count). The Morgan fingerprint density at radius 1 is 1.43 bits per heavy atom. The standard InChI is InChI=1S/C15H18N2O4/c1-4-20-15(19)13-12(10-6-5-7-17-10)11(8(2)18)9(3)21-14(13)16/h5-7,12,17H,4,16H2,1-3H3/t12-/m1/s1. The minimum absolute atomic E-state index is 0.0319. The summed E-state index contributed by atoms with van der Waals surface area (Å²) in [4.78, 5) is 27.2. The fourth-order valence-electron chi connectivity index (χ4n) is 2.48. The van der Waals surface area contributed by atoms with E-state index in [1.165, 1.54) is 6.92 Å². The van der Waals surface area contributed by atoms with Crippen molar-refractivity contribution in [3.8, 4) is 0 Å². The average Bonchev–Trinajstić information content (AvgIpc) is 2.90. The Labute approximate surface area is 122 Å². The molecule has 21 heavy (non-hydrogen) atoms. The van der Waals surface area contributed by atoms with E-state index < -0.39 is 11.9 Å². The predicted octanol–water partition coefficient (Wildman–Crippen LogP) is 1.72. The minimum Gasteiger partial charge on any atom is -0.462 e. The maximum atomic E-state index is 12.2. The summed E-state index contributed by atoms with van der Waals surface area (Å²) in [5.74, 6) is -1.00. The largest absolute Gasteiger partial charge is 0.462 e. The summed E-state index contributed by atoms with van der Waals surface area (Å²) in [6.45, 7) is 5.00. The van der Waals surface area contributed by atoms with Gasteiger partial charge in [-0.1, -0.05) is 0 Å². The Kier molecular flexibility index (Phi) is 4.16. The molecule has 1 aromatic heterocycles. The fourth-order valence-corrected chi connectivity index (χ4v) is 2.48. The topological polar surface area (TPSA) is 94.4 Å². The van der Waals surface area contributed by atoms with Crippen LogP contribution in [0.25, 0.3) is 0 Å². The molecule has 0 saturated heterocycles. The molecular formula is C15H18N2O4. The molecule has 1 aliphatic rings. The number of hydrogen-bond acceptors (Lipinski definition) is 5. The number of aromatic amines is 1. The summed E-state index contributed by atoms with van der Waals surface area (Å²) in [5.41, 5.74) is 7.09. The van der Waals surface area contributed by atoms with Crippen LogP contribution in [0.15, 0.2) is 41.1 Å². The maximum Gasteiger partial charge on any atom is 0.340 e. The Balaban J connectivity index is 2.58. The Morgan fingerprint density at radius 3 is 2.67 bits per heavy atom. The third kappa shape index (κ3) is 2.69. The summed E-state index contributed by atoms with van der Waals surface area (Å²) >= 11 is 0. The van der Waals surface area contributed by atoms with Gasteiger partial charge in [-0.05, 0) is 32.9 Å². The smallest absolute Gasteiger partial charge is 0.340 e. The van der Waals surface area contributed by atoms with Crippen molar-refractivity contribution >= 4 is 11.8 Å². The normalized spacial score (nSPS) is 18.5. The summed E-state index contributed by atoms with van der Waals surface area (Å²) in [6, 6.07) is 3.58. The highest BCUT2D eigenvalue weighted by atomic mass is 16.5. The van der Waals surface area contributed by atoms with Gasteiger partial charge in [0.05, 0.1) is 12.5 Å². The molecule has 1 aromatic rings. The first-order chi connectivity index (χ1) is 9.97. The number of esters is 1. The number of Topliss-reactive ketones (excluding diaryl/α,β-unsaturated/α-hetero) is 1. The van der Waals surface area contributed by atoms with Gasteiger partial charge in [0.1, 0.15) is 11.3 Å². The van der Waals surface area contributed by atoms with E-state index in [2.05, 4.69) is 4.98 Å². The highest BCUT2D eigenvalue weighted by molar-refractivity contribution is 6.01. The number of carbonyl (C=O) groups is 2. The molecule has 0 spiro atoms. The van der Waals surface area contributed by atoms with Crippen molar-refractivity contribution < 1.29 is 19.1 Å². The van der Waals surface area contributed by atoms with Crippen LogP contribution in [0.2, 0.25) is 0 Å². The van der Waals surface area contributed by atoms with Crippen LogP contribution < -0.4 is 5.73 Å². The summed E-state index contributed by atoms with van der Waals surface area (Å²) < 4.78 is 10.4. The van der Waals surface area contributed by atoms with Gasteiger partial charge in [-0.3, -0.25) is 4.79 Å².